The molecule has 1 fully saturated rings. The van der Waals surface area contributed by atoms with Gasteiger partial charge in [0.15, 0.2) is 5.78 Å². The lowest BCUT2D eigenvalue weighted by molar-refractivity contribution is -0.123. The molecule has 1 aliphatic carbocycles. The molecule has 6 heteroatoms. The van der Waals surface area contributed by atoms with Gasteiger partial charge < -0.3 is 4.74 Å². The lowest BCUT2D eigenvalue weighted by atomic mass is 9.80. The van der Waals surface area contributed by atoms with E-state index in [4.69, 9.17) is 16.3 Å². The summed E-state index contributed by atoms with van der Waals surface area (Å²) in [5, 5.41) is 12.6. The van der Waals surface area contributed by atoms with Crippen molar-refractivity contribution in [3.63, 3.8) is 0 Å². The summed E-state index contributed by atoms with van der Waals surface area (Å²) in [6, 6.07) is 7.20. The van der Waals surface area contributed by atoms with Gasteiger partial charge in [0.2, 0.25) is 0 Å². The molecule has 1 atom stereocenters. The average Bonchev–Trinajstić information content (AvgIpc) is 2.81. The van der Waals surface area contributed by atoms with Gasteiger partial charge in [0.25, 0.3) is 0 Å². The van der Waals surface area contributed by atoms with E-state index < -0.39 is 17.1 Å². The Balaban J connectivity index is 2.27. The summed E-state index contributed by atoms with van der Waals surface area (Å²) in [5.74, 6) is -0.0387. The van der Waals surface area contributed by atoms with Crippen LogP contribution in [0.5, 0.6) is 0 Å². The summed E-state index contributed by atoms with van der Waals surface area (Å²) in [6.07, 6.45) is 1.33. The molecule has 0 spiro atoms. The van der Waals surface area contributed by atoms with Gasteiger partial charge in [-0.15, -0.1) is 0 Å². The number of nitrogens with one attached hydrogen (secondary N) is 1. The van der Waals surface area contributed by atoms with E-state index in [0.29, 0.717) is 29.1 Å². The van der Waals surface area contributed by atoms with E-state index in [1.54, 1.807) is 39.0 Å². The lowest BCUT2D eigenvalue weighted by Gasteiger charge is -2.23. The van der Waals surface area contributed by atoms with Crippen LogP contribution < -0.4 is 5.32 Å². The molecular formula is C18H21ClN2O3. The van der Waals surface area contributed by atoms with Crippen LogP contribution in [-0.2, 0) is 16.0 Å². The Labute approximate surface area is 146 Å². The highest BCUT2D eigenvalue weighted by molar-refractivity contribution is 6.31. The highest BCUT2D eigenvalue weighted by Gasteiger charge is 2.42. The number of carbonyl (C=O) groups excluding carboxylic acids is 2. The number of hydrogen-bond donors (Lipinski definition) is 1. The average molecular weight is 349 g/mol. The molecule has 0 aliphatic heterocycles. The second kappa shape index (κ2) is 6.82. The number of anilines is 1. The van der Waals surface area contributed by atoms with Crippen LogP contribution in [0.2, 0.25) is 5.02 Å². The maximum absolute atomic E-state index is 12.2. The van der Waals surface area contributed by atoms with Crippen LogP contribution in [0.3, 0.4) is 0 Å². The van der Waals surface area contributed by atoms with Gasteiger partial charge in [0.1, 0.15) is 11.0 Å². The summed E-state index contributed by atoms with van der Waals surface area (Å²) in [5.41, 5.74) is -0.482. The van der Waals surface area contributed by atoms with Gasteiger partial charge in [-0.05, 0) is 51.3 Å². The maximum Gasteiger partial charge on any atom is 0.412 e. The molecule has 0 bridgehead atoms. The zero-order chi connectivity index (χ0) is 18.0. The number of ether oxygens (including phenoxy) is 1. The zero-order valence-corrected chi connectivity index (χ0v) is 14.9. The summed E-state index contributed by atoms with van der Waals surface area (Å²) in [4.78, 5) is 24.2. The number of rotatable bonds is 3. The Bertz CT molecular complexity index is 703. The van der Waals surface area contributed by atoms with Crippen molar-refractivity contribution in [2.75, 3.05) is 5.32 Å². The molecule has 1 amide bonds. The monoisotopic (exact) mass is 348 g/mol. The van der Waals surface area contributed by atoms with Gasteiger partial charge >= 0.3 is 6.09 Å². The Morgan fingerprint density at radius 2 is 2.17 bits per heavy atom. The summed E-state index contributed by atoms with van der Waals surface area (Å²) in [7, 11) is 0. The standard InChI is InChI=1S/C18H21ClN2O3/c1-17(2,3)24-16(23)21-14-9-13(19)7-6-12(14)10-18(11-20)8-4-5-15(18)22/h6-7,9H,4-5,8,10H2,1-3H3,(H,21,23)/t18-/m0/s1. The largest absolute Gasteiger partial charge is 0.444 e. The molecule has 128 valence electrons. The summed E-state index contributed by atoms with van der Waals surface area (Å²) < 4.78 is 5.25. The van der Waals surface area contributed by atoms with E-state index in [1.807, 2.05) is 0 Å². The molecule has 0 unspecified atom stereocenters. The number of carbonyl (C=O) groups is 2. The fourth-order valence-corrected chi connectivity index (χ4v) is 3.00. The maximum atomic E-state index is 12.2. The molecule has 24 heavy (non-hydrogen) atoms. The zero-order valence-electron chi connectivity index (χ0n) is 14.1. The first-order valence-electron chi connectivity index (χ1n) is 7.88. The van der Waals surface area contributed by atoms with E-state index in [9.17, 15) is 14.9 Å². The van der Waals surface area contributed by atoms with Gasteiger partial charge in [0.05, 0.1) is 6.07 Å². The number of hydrogen-bond acceptors (Lipinski definition) is 4. The molecular weight excluding hydrogens is 328 g/mol. The van der Waals surface area contributed by atoms with E-state index >= 15 is 0 Å². The Hall–Kier alpha value is -2.06. The van der Waals surface area contributed by atoms with Crippen LogP contribution in [0.1, 0.15) is 45.6 Å². The third-order valence-corrected chi connectivity index (χ3v) is 4.19. The molecule has 1 aliphatic rings. The minimum Gasteiger partial charge on any atom is -0.444 e. The van der Waals surface area contributed by atoms with Crippen LogP contribution in [0.25, 0.3) is 0 Å². The van der Waals surface area contributed by atoms with Gasteiger partial charge in [-0.25, -0.2) is 4.79 Å². The van der Waals surface area contributed by atoms with Gasteiger partial charge in [-0.3, -0.25) is 10.1 Å². The predicted molar refractivity (Wildman–Crippen MR) is 91.9 cm³/mol. The lowest BCUT2D eigenvalue weighted by Crippen LogP contribution is -2.29. The van der Waals surface area contributed by atoms with Crippen molar-refractivity contribution >= 4 is 29.2 Å². The van der Waals surface area contributed by atoms with Crippen molar-refractivity contribution in [2.45, 2.75) is 52.1 Å². The minimum atomic E-state index is -1.02. The predicted octanol–water partition coefficient (Wildman–Crippen LogP) is 4.49. The Kier molecular flexibility index (Phi) is 5.19. The number of nitrogens with zero attached hydrogens (tertiary/aromatic N) is 1. The number of Topliss-reactive ketones (excluding diaryl/α,β-unsaturated/α-hetero) is 1. The quantitative estimate of drug-likeness (QED) is 0.872. The van der Waals surface area contributed by atoms with Crippen LogP contribution in [0.15, 0.2) is 18.2 Å². The summed E-state index contributed by atoms with van der Waals surface area (Å²) in [6.45, 7) is 5.31. The molecule has 0 aromatic heterocycles. The Morgan fingerprint density at radius 3 is 2.71 bits per heavy atom. The SMILES string of the molecule is CC(C)(C)OC(=O)Nc1cc(Cl)ccc1C[C@]1(C#N)CCCC1=O. The van der Waals surface area contributed by atoms with Crippen molar-refractivity contribution in [2.24, 2.45) is 5.41 Å². The molecule has 1 N–H and O–H groups in total. The molecule has 0 heterocycles. The summed E-state index contributed by atoms with van der Waals surface area (Å²) >= 11 is 6.02. The number of nitriles is 1. The van der Waals surface area contributed by atoms with Gasteiger partial charge in [-0.2, -0.15) is 5.26 Å². The third-order valence-electron chi connectivity index (χ3n) is 3.95. The van der Waals surface area contributed by atoms with E-state index in [1.165, 1.54) is 0 Å². The first-order valence-corrected chi connectivity index (χ1v) is 8.26. The Morgan fingerprint density at radius 1 is 1.46 bits per heavy atom. The smallest absolute Gasteiger partial charge is 0.412 e. The van der Waals surface area contributed by atoms with Gasteiger partial charge in [0, 0.05) is 23.6 Å². The normalized spacial score (nSPS) is 20.5. The second-order valence-electron chi connectivity index (χ2n) is 7.08. The van der Waals surface area contributed by atoms with E-state index in [-0.39, 0.29) is 12.2 Å². The molecule has 1 saturated carbocycles. The minimum absolute atomic E-state index is 0.0387. The number of ketones is 1. The van der Waals surface area contributed by atoms with Crippen molar-refractivity contribution in [3.05, 3.63) is 28.8 Å². The van der Waals surface area contributed by atoms with Crippen LogP contribution in [0.4, 0.5) is 10.5 Å². The first-order chi connectivity index (χ1) is 11.1. The second-order valence-corrected chi connectivity index (χ2v) is 7.51. The number of amides is 1. The fourth-order valence-electron chi connectivity index (χ4n) is 2.83. The molecule has 5 nitrogen and oxygen atoms in total. The van der Waals surface area contributed by atoms with E-state index in [0.717, 1.165) is 6.42 Å². The molecule has 1 aromatic carbocycles. The molecule has 0 saturated heterocycles. The van der Waals surface area contributed by atoms with Crippen LogP contribution in [0, 0.1) is 16.7 Å². The first kappa shape index (κ1) is 18.3. The van der Waals surface area contributed by atoms with Crippen molar-refractivity contribution in [3.8, 4) is 6.07 Å². The highest BCUT2D eigenvalue weighted by atomic mass is 35.5. The topological polar surface area (TPSA) is 79.2 Å². The third kappa shape index (κ3) is 4.27. The number of benzene rings is 1. The van der Waals surface area contributed by atoms with Crippen molar-refractivity contribution < 1.29 is 14.3 Å². The molecule has 0 radical (unpaired) electrons. The molecule has 1 aromatic rings. The highest BCUT2D eigenvalue weighted by Crippen LogP contribution is 2.39. The molecule has 2 rings (SSSR count). The van der Waals surface area contributed by atoms with Crippen LogP contribution >= 0.6 is 11.6 Å². The van der Waals surface area contributed by atoms with Gasteiger partial charge in [-0.1, -0.05) is 17.7 Å². The fraction of sp³-hybridized carbons (Fsp3) is 0.500. The van der Waals surface area contributed by atoms with Crippen LogP contribution in [-0.4, -0.2) is 17.5 Å². The number of halogens is 1. The van der Waals surface area contributed by atoms with Crippen molar-refractivity contribution in [1.29, 1.82) is 5.26 Å². The van der Waals surface area contributed by atoms with Crippen molar-refractivity contribution in [1.82, 2.24) is 0 Å². The van der Waals surface area contributed by atoms with E-state index in [2.05, 4.69) is 11.4 Å².